The Bertz CT molecular complexity index is 755. The Balaban J connectivity index is 1.65. The van der Waals surface area contributed by atoms with E-state index in [9.17, 15) is 9.59 Å². The van der Waals surface area contributed by atoms with E-state index in [1.807, 2.05) is 41.8 Å². The number of rotatable bonds is 7. The minimum atomic E-state index is -0.103. The quantitative estimate of drug-likeness (QED) is 0.705. The summed E-state index contributed by atoms with van der Waals surface area (Å²) in [6.45, 7) is 8.99. The number of benzene rings is 1. The number of piperazine rings is 1. The van der Waals surface area contributed by atoms with Crippen LogP contribution >= 0.6 is 11.8 Å². The Morgan fingerprint density at radius 2 is 1.90 bits per heavy atom. The molecule has 8 nitrogen and oxygen atoms in total. The number of ether oxygens (including phenoxy) is 2. The van der Waals surface area contributed by atoms with E-state index < -0.39 is 0 Å². The minimum Gasteiger partial charge on any atom is -0.497 e. The molecule has 0 bridgehead atoms. The van der Waals surface area contributed by atoms with Gasteiger partial charge in [0.15, 0.2) is 0 Å². The molecule has 3 rings (SSSR count). The number of amides is 3. The van der Waals surface area contributed by atoms with Gasteiger partial charge in [0.05, 0.1) is 19.5 Å². The molecule has 0 saturated carbocycles. The van der Waals surface area contributed by atoms with E-state index in [0.717, 1.165) is 36.7 Å². The van der Waals surface area contributed by atoms with Crippen molar-refractivity contribution in [1.82, 2.24) is 20.0 Å². The van der Waals surface area contributed by atoms with Crippen LogP contribution in [0.2, 0.25) is 0 Å². The summed E-state index contributed by atoms with van der Waals surface area (Å²) in [7, 11) is 3.29. The summed E-state index contributed by atoms with van der Waals surface area (Å²) < 4.78 is 11.0. The van der Waals surface area contributed by atoms with Crippen LogP contribution in [0.25, 0.3) is 0 Å². The van der Waals surface area contributed by atoms with E-state index in [1.165, 1.54) is 0 Å². The van der Waals surface area contributed by atoms with Crippen LogP contribution < -0.4 is 14.8 Å². The molecule has 3 amide bonds. The van der Waals surface area contributed by atoms with Gasteiger partial charge in [0.2, 0.25) is 5.91 Å². The summed E-state index contributed by atoms with van der Waals surface area (Å²) >= 11 is 1.64. The van der Waals surface area contributed by atoms with Crippen LogP contribution in [0, 0.1) is 0 Å². The van der Waals surface area contributed by atoms with Crippen molar-refractivity contribution in [3.05, 3.63) is 23.8 Å². The number of carbonyl (C=O) groups is 2. The fourth-order valence-corrected chi connectivity index (χ4v) is 5.19. The molecule has 2 aliphatic heterocycles. The Labute approximate surface area is 182 Å². The molecule has 2 unspecified atom stereocenters. The topological polar surface area (TPSA) is 74.4 Å². The minimum absolute atomic E-state index is 0.00211. The van der Waals surface area contributed by atoms with Crippen LogP contribution in [-0.4, -0.2) is 91.9 Å². The van der Waals surface area contributed by atoms with E-state index in [2.05, 4.69) is 10.2 Å². The van der Waals surface area contributed by atoms with Gasteiger partial charge in [-0.25, -0.2) is 4.79 Å². The molecule has 0 aliphatic carbocycles. The number of nitrogens with zero attached hydrogens (tertiary/aromatic N) is 3. The van der Waals surface area contributed by atoms with Gasteiger partial charge in [0.1, 0.15) is 16.9 Å². The van der Waals surface area contributed by atoms with Crippen molar-refractivity contribution in [2.75, 3.05) is 60.0 Å². The van der Waals surface area contributed by atoms with Gasteiger partial charge in [0, 0.05) is 51.4 Å². The van der Waals surface area contributed by atoms with Gasteiger partial charge >= 0.3 is 6.03 Å². The summed E-state index contributed by atoms with van der Waals surface area (Å²) in [6.07, 6.45) is 0. The van der Waals surface area contributed by atoms with Gasteiger partial charge in [-0.05, 0) is 32.0 Å². The van der Waals surface area contributed by atoms with E-state index in [0.29, 0.717) is 26.2 Å². The molecular weight excluding hydrogens is 404 g/mol. The Kier molecular flexibility index (Phi) is 7.71. The lowest BCUT2D eigenvalue weighted by atomic mass is 10.1. The smallest absolute Gasteiger partial charge is 0.317 e. The van der Waals surface area contributed by atoms with Crippen molar-refractivity contribution in [3.8, 4) is 11.5 Å². The number of nitrogens with one attached hydrogen (secondary N) is 1. The molecule has 2 aliphatic rings. The Morgan fingerprint density at radius 3 is 2.53 bits per heavy atom. The largest absolute Gasteiger partial charge is 0.497 e. The predicted molar refractivity (Wildman–Crippen MR) is 118 cm³/mol. The number of urea groups is 1. The third-order valence-electron chi connectivity index (χ3n) is 5.59. The highest BCUT2D eigenvalue weighted by atomic mass is 32.2. The van der Waals surface area contributed by atoms with Crippen LogP contribution in [0.5, 0.6) is 11.5 Å². The first kappa shape index (κ1) is 22.6. The molecule has 30 heavy (non-hydrogen) atoms. The number of thioether (sulfide) groups is 1. The highest BCUT2D eigenvalue weighted by Gasteiger charge is 2.40. The molecule has 0 spiro atoms. The van der Waals surface area contributed by atoms with Crippen molar-refractivity contribution in [1.29, 1.82) is 0 Å². The van der Waals surface area contributed by atoms with Crippen molar-refractivity contribution < 1.29 is 19.1 Å². The van der Waals surface area contributed by atoms with Gasteiger partial charge in [-0.2, -0.15) is 0 Å². The average molecular weight is 437 g/mol. The number of methoxy groups -OCH3 is 2. The third kappa shape index (κ3) is 4.95. The predicted octanol–water partition coefficient (Wildman–Crippen LogP) is 2.01. The average Bonchev–Trinajstić information content (AvgIpc) is 3.05. The summed E-state index contributed by atoms with van der Waals surface area (Å²) in [6, 6.07) is 5.72. The van der Waals surface area contributed by atoms with Gasteiger partial charge in [-0.15, -0.1) is 11.8 Å². The first-order chi connectivity index (χ1) is 14.5. The Morgan fingerprint density at radius 1 is 1.17 bits per heavy atom. The second-order valence-electron chi connectivity index (χ2n) is 7.43. The molecule has 2 fully saturated rings. The maximum Gasteiger partial charge on any atom is 0.317 e. The SMILES string of the molecule is CCNC(=O)N1CCN(CCN2C(=O)C(C)SC2c2cc(OC)ccc2OC)CC1. The van der Waals surface area contributed by atoms with E-state index in [4.69, 9.17) is 9.47 Å². The van der Waals surface area contributed by atoms with Gasteiger partial charge in [0.25, 0.3) is 0 Å². The van der Waals surface area contributed by atoms with Crippen LogP contribution in [-0.2, 0) is 4.79 Å². The Hall–Kier alpha value is -2.13. The molecule has 9 heteroatoms. The second kappa shape index (κ2) is 10.3. The lowest BCUT2D eigenvalue weighted by Gasteiger charge is -2.36. The summed E-state index contributed by atoms with van der Waals surface area (Å²) in [5.74, 6) is 1.66. The van der Waals surface area contributed by atoms with Gasteiger partial charge in [-0.3, -0.25) is 9.69 Å². The zero-order valence-corrected chi connectivity index (χ0v) is 19.0. The zero-order valence-electron chi connectivity index (χ0n) is 18.2. The maximum atomic E-state index is 12.9. The lowest BCUT2D eigenvalue weighted by molar-refractivity contribution is -0.130. The first-order valence-electron chi connectivity index (χ1n) is 10.4. The maximum absolute atomic E-state index is 12.9. The molecule has 1 aromatic rings. The molecule has 1 N–H and O–H groups in total. The van der Waals surface area contributed by atoms with Crippen molar-refractivity contribution in [3.63, 3.8) is 0 Å². The van der Waals surface area contributed by atoms with Crippen LogP contribution in [0.1, 0.15) is 24.8 Å². The van der Waals surface area contributed by atoms with Crippen molar-refractivity contribution in [2.45, 2.75) is 24.5 Å². The summed E-state index contributed by atoms with van der Waals surface area (Å²) in [4.78, 5) is 31.0. The molecular formula is C21H32N4O4S. The fourth-order valence-electron chi connectivity index (χ4n) is 3.86. The standard InChI is InChI=1S/C21H32N4O4S/c1-5-22-21(27)24-11-8-23(9-12-24)10-13-25-19(26)15(2)30-20(25)17-14-16(28-3)6-7-18(17)29-4/h6-7,14-15,20H,5,8-13H2,1-4H3,(H,22,27). The zero-order chi connectivity index (χ0) is 21.7. The van der Waals surface area contributed by atoms with E-state index in [-0.39, 0.29) is 22.6 Å². The molecule has 166 valence electrons. The van der Waals surface area contributed by atoms with Gasteiger partial charge in [-0.1, -0.05) is 0 Å². The van der Waals surface area contributed by atoms with Crippen LogP contribution in [0.15, 0.2) is 18.2 Å². The monoisotopic (exact) mass is 436 g/mol. The lowest BCUT2D eigenvalue weighted by Crippen LogP contribution is -2.53. The van der Waals surface area contributed by atoms with Gasteiger partial charge < -0.3 is 24.6 Å². The summed E-state index contributed by atoms with van der Waals surface area (Å²) in [5.41, 5.74) is 0.959. The first-order valence-corrected chi connectivity index (χ1v) is 11.4. The third-order valence-corrected chi connectivity index (χ3v) is 6.97. The van der Waals surface area contributed by atoms with E-state index in [1.54, 1.807) is 26.0 Å². The molecule has 1 aromatic carbocycles. The second-order valence-corrected chi connectivity index (χ2v) is 8.86. The van der Waals surface area contributed by atoms with Crippen molar-refractivity contribution in [2.24, 2.45) is 0 Å². The normalized spacial score (nSPS) is 22.3. The number of hydrogen-bond donors (Lipinski definition) is 1. The number of carbonyl (C=O) groups excluding carboxylic acids is 2. The fraction of sp³-hybridized carbons (Fsp3) is 0.619. The molecule has 2 saturated heterocycles. The number of hydrogen-bond acceptors (Lipinski definition) is 6. The highest BCUT2D eigenvalue weighted by Crippen LogP contribution is 2.46. The van der Waals surface area contributed by atoms with E-state index >= 15 is 0 Å². The van der Waals surface area contributed by atoms with Crippen LogP contribution in [0.4, 0.5) is 4.79 Å². The van der Waals surface area contributed by atoms with Crippen molar-refractivity contribution >= 4 is 23.7 Å². The molecule has 2 atom stereocenters. The van der Waals surface area contributed by atoms with Crippen LogP contribution in [0.3, 0.4) is 0 Å². The summed E-state index contributed by atoms with van der Waals surface area (Å²) in [5, 5.41) is 2.65. The molecule has 2 heterocycles. The highest BCUT2D eigenvalue weighted by molar-refractivity contribution is 8.01. The molecule has 0 aromatic heterocycles. The molecule has 0 radical (unpaired) electrons.